The van der Waals surface area contributed by atoms with Gasteiger partial charge in [0.2, 0.25) is 0 Å². The summed E-state index contributed by atoms with van der Waals surface area (Å²) in [6, 6.07) is 15.9. The largest absolute Gasteiger partial charge is 0.268 e. The zero-order valence-electron chi connectivity index (χ0n) is 19.9. The van der Waals surface area contributed by atoms with Crippen LogP contribution in [0.5, 0.6) is 0 Å². The normalized spacial score (nSPS) is 18.8. The third-order valence-corrected chi connectivity index (χ3v) is 7.08. The highest BCUT2D eigenvalue weighted by Gasteiger charge is 2.26. The van der Waals surface area contributed by atoms with Crippen molar-refractivity contribution in [1.29, 1.82) is 0 Å². The summed E-state index contributed by atoms with van der Waals surface area (Å²) in [6.07, 6.45) is 9.91. The van der Waals surface area contributed by atoms with Gasteiger partial charge in [-0.2, -0.15) is 5.10 Å². The van der Waals surface area contributed by atoms with E-state index in [0.29, 0.717) is 11.5 Å². The van der Waals surface area contributed by atoms with E-state index >= 15 is 4.39 Å². The Hall–Kier alpha value is -2.42. The lowest BCUT2D eigenvalue weighted by molar-refractivity contribution is 0.235. The summed E-state index contributed by atoms with van der Waals surface area (Å²) in [5.74, 6) is 1.38. The van der Waals surface area contributed by atoms with E-state index < -0.39 is 0 Å². The molecular weight excluding hydrogens is 395 g/mol. The Morgan fingerprint density at radius 3 is 2.31 bits per heavy atom. The molecule has 1 heterocycles. The molecular formula is C29H37FN2. The van der Waals surface area contributed by atoms with Crippen LogP contribution in [0.25, 0.3) is 22.4 Å². The lowest BCUT2D eigenvalue weighted by Gasteiger charge is -2.28. The van der Waals surface area contributed by atoms with Gasteiger partial charge in [-0.15, -0.1) is 0 Å². The van der Waals surface area contributed by atoms with Gasteiger partial charge in [0.15, 0.2) is 0 Å². The number of benzene rings is 2. The maximum Gasteiger partial charge on any atom is 0.132 e. The van der Waals surface area contributed by atoms with Crippen molar-refractivity contribution in [2.24, 2.45) is 11.8 Å². The van der Waals surface area contributed by atoms with Crippen molar-refractivity contribution in [2.45, 2.75) is 78.7 Å². The van der Waals surface area contributed by atoms with E-state index in [9.17, 15) is 0 Å². The van der Waals surface area contributed by atoms with Crippen LogP contribution >= 0.6 is 0 Å². The van der Waals surface area contributed by atoms with Crippen molar-refractivity contribution >= 4 is 0 Å². The summed E-state index contributed by atoms with van der Waals surface area (Å²) in [5.41, 5.74) is 5.82. The Morgan fingerprint density at radius 1 is 0.938 bits per heavy atom. The maximum absolute atomic E-state index is 15.1. The quantitative estimate of drug-likeness (QED) is 0.350. The highest BCUT2D eigenvalue weighted by Crippen LogP contribution is 2.38. The molecule has 0 N–H and O–H groups in total. The molecule has 170 valence electrons. The lowest BCUT2D eigenvalue weighted by atomic mass is 9.80. The van der Waals surface area contributed by atoms with Gasteiger partial charge < -0.3 is 0 Å². The van der Waals surface area contributed by atoms with Crippen molar-refractivity contribution in [2.75, 3.05) is 0 Å². The Kier molecular flexibility index (Phi) is 7.44. The molecule has 1 aliphatic rings. The number of hydrogen-bond donors (Lipinski definition) is 0. The minimum Gasteiger partial charge on any atom is -0.268 e. The van der Waals surface area contributed by atoms with Crippen LogP contribution in [0.2, 0.25) is 0 Å². The fourth-order valence-electron chi connectivity index (χ4n) is 5.40. The van der Waals surface area contributed by atoms with Crippen molar-refractivity contribution < 1.29 is 4.39 Å². The van der Waals surface area contributed by atoms with Crippen molar-refractivity contribution in [3.63, 3.8) is 0 Å². The molecule has 1 aliphatic carbocycles. The Bertz CT molecular complexity index is 1010. The fraction of sp³-hybridized carbons (Fsp3) is 0.483. The van der Waals surface area contributed by atoms with Crippen molar-refractivity contribution in [1.82, 2.24) is 9.78 Å². The number of rotatable bonds is 8. The number of halogens is 1. The van der Waals surface area contributed by atoms with Gasteiger partial charge in [-0.3, -0.25) is 4.68 Å². The van der Waals surface area contributed by atoms with Crippen molar-refractivity contribution in [3.8, 4) is 22.4 Å². The van der Waals surface area contributed by atoms with E-state index in [4.69, 9.17) is 5.10 Å². The van der Waals surface area contributed by atoms with Crippen LogP contribution in [-0.4, -0.2) is 9.78 Å². The molecule has 3 aromatic rings. The van der Waals surface area contributed by atoms with Gasteiger partial charge in [0.25, 0.3) is 0 Å². The lowest BCUT2D eigenvalue weighted by Crippen LogP contribution is -2.20. The van der Waals surface area contributed by atoms with Crippen LogP contribution in [0.4, 0.5) is 4.39 Å². The number of nitrogens with zero attached hydrogens (tertiary/aromatic N) is 2. The maximum atomic E-state index is 15.1. The molecule has 2 nitrogen and oxygen atoms in total. The molecule has 0 atom stereocenters. The first-order valence-electron chi connectivity index (χ1n) is 12.5. The third-order valence-electron chi connectivity index (χ3n) is 7.08. The van der Waals surface area contributed by atoms with Crippen LogP contribution < -0.4 is 0 Å². The van der Waals surface area contributed by atoms with E-state index in [-0.39, 0.29) is 5.82 Å². The van der Waals surface area contributed by atoms with Crippen LogP contribution in [0.1, 0.15) is 70.1 Å². The van der Waals surface area contributed by atoms with Crippen LogP contribution in [-0.2, 0) is 13.0 Å². The molecule has 3 heteroatoms. The van der Waals surface area contributed by atoms with E-state index in [0.717, 1.165) is 47.7 Å². The first-order valence-corrected chi connectivity index (χ1v) is 12.5. The molecule has 0 saturated heterocycles. The highest BCUT2D eigenvalue weighted by molar-refractivity contribution is 5.83. The predicted molar refractivity (Wildman–Crippen MR) is 132 cm³/mol. The fourth-order valence-corrected chi connectivity index (χ4v) is 5.40. The number of aryl methyl sites for hydroxylation is 1. The Balaban J connectivity index is 1.74. The average molecular weight is 433 g/mol. The van der Waals surface area contributed by atoms with E-state index in [1.165, 1.54) is 44.2 Å². The average Bonchev–Trinajstić information content (AvgIpc) is 3.13. The second kappa shape index (κ2) is 10.5. The molecule has 1 aromatic heterocycles. The van der Waals surface area contributed by atoms with Crippen LogP contribution in [0, 0.1) is 24.6 Å². The van der Waals surface area contributed by atoms with Gasteiger partial charge in [0.05, 0.1) is 0 Å². The highest BCUT2D eigenvalue weighted by atomic mass is 19.1. The predicted octanol–water partition coefficient (Wildman–Crippen LogP) is 8.22. The molecule has 2 aromatic carbocycles. The van der Waals surface area contributed by atoms with Gasteiger partial charge in [-0.1, -0.05) is 82.3 Å². The molecule has 1 fully saturated rings. The first kappa shape index (κ1) is 22.8. The number of hydrogen-bond acceptors (Lipinski definition) is 1. The molecule has 0 spiro atoms. The summed E-state index contributed by atoms with van der Waals surface area (Å²) >= 11 is 0. The molecule has 0 radical (unpaired) electrons. The number of aromatic nitrogens is 2. The second-order valence-electron chi connectivity index (χ2n) is 9.63. The zero-order valence-corrected chi connectivity index (χ0v) is 19.9. The molecule has 1 saturated carbocycles. The Morgan fingerprint density at radius 2 is 1.66 bits per heavy atom. The standard InChI is InChI=1S/C29H37FN2/c1-4-9-22-14-16-23(17-15-22)20-32-27(10-5-2)28(24-11-7-6-8-12-24)29(31-32)25-18-13-21(3)19-26(25)30/h6-8,11-13,18-19,22-23H,4-5,9-10,14-17,20H2,1-3H3. The summed E-state index contributed by atoms with van der Waals surface area (Å²) in [5, 5.41) is 5.09. The minimum atomic E-state index is -0.185. The van der Waals surface area contributed by atoms with Gasteiger partial charge >= 0.3 is 0 Å². The van der Waals surface area contributed by atoms with E-state index in [2.05, 4.69) is 42.8 Å². The van der Waals surface area contributed by atoms with E-state index in [1.54, 1.807) is 6.07 Å². The van der Waals surface area contributed by atoms with Gasteiger partial charge in [0, 0.05) is 23.4 Å². The van der Waals surface area contributed by atoms with Gasteiger partial charge in [-0.05, 0) is 61.3 Å². The molecule has 32 heavy (non-hydrogen) atoms. The molecule has 0 unspecified atom stereocenters. The minimum absolute atomic E-state index is 0.185. The SMILES string of the molecule is CCCc1c(-c2ccccc2)c(-c2ccc(C)cc2F)nn1CC1CCC(CCC)CC1. The van der Waals surface area contributed by atoms with Gasteiger partial charge in [0.1, 0.15) is 11.5 Å². The van der Waals surface area contributed by atoms with Gasteiger partial charge in [-0.25, -0.2) is 4.39 Å². The topological polar surface area (TPSA) is 17.8 Å². The Labute approximate surface area is 192 Å². The molecule has 0 amide bonds. The molecule has 0 aliphatic heterocycles. The van der Waals surface area contributed by atoms with Crippen LogP contribution in [0.15, 0.2) is 48.5 Å². The zero-order chi connectivity index (χ0) is 22.5. The smallest absolute Gasteiger partial charge is 0.132 e. The molecule has 0 bridgehead atoms. The first-order chi connectivity index (χ1) is 15.6. The van der Waals surface area contributed by atoms with Crippen LogP contribution in [0.3, 0.4) is 0 Å². The summed E-state index contributed by atoms with van der Waals surface area (Å²) in [7, 11) is 0. The van der Waals surface area contributed by atoms with Crippen molar-refractivity contribution in [3.05, 3.63) is 65.6 Å². The third kappa shape index (κ3) is 4.98. The summed E-state index contributed by atoms with van der Waals surface area (Å²) in [4.78, 5) is 0. The summed E-state index contributed by atoms with van der Waals surface area (Å²) < 4.78 is 17.3. The summed E-state index contributed by atoms with van der Waals surface area (Å²) in [6.45, 7) is 7.39. The monoisotopic (exact) mass is 432 g/mol. The molecule has 4 rings (SSSR count). The van der Waals surface area contributed by atoms with E-state index in [1.807, 2.05) is 25.1 Å². The second-order valence-corrected chi connectivity index (χ2v) is 9.63.